The maximum Gasteiger partial charge on any atom is 0.308 e. The number of aliphatic hydroxyl groups is 1. The second-order valence-electron chi connectivity index (χ2n) is 2.51. The zero-order valence-corrected chi connectivity index (χ0v) is 6.63. The Balaban J connectivity index is 3.61. The van der Waals surface area contributed by atoms with Crippen LogP contribution in [0, 0.1) is 5.92 Å². The molecule has 0 bridgehead atoms. The van der Waals surface area contributed by atoms with Gasteiger partial charge in [-0.3, -0.25) is 4.79 Å². The highest BCUT2D eigenvalue weighted by molar-refractivity contribution is 5.71. The highest BCUT2D eigenvalue weighted by Gasteiger charge is 2.14. The van der Waals surface area contributed by atoms with Crippen LogP contribution < -0.4 is 0 Å². The normalized spacial score (nSPS) is 16.0. The lowest BCUT2D eigenvalue weighted by molar-refractivity contribution is -0.145. The minimum atomic E-state index is -0.436. The Morgan fingerprint density at radius 3 is 2.40 bits per heavy atom. The molecule has 0 aliphatic rings. The molecule has 0 saturated heterocycles. The van der Waals surface area contributed by atoms with E-state index in [-0.39, 0.29) is 11.9 Å². The average molecular weight is 146 g/mol. The van der Waals surface area contributed by atoms with Crippen LogP contribution >= 0.6 is 0 Å². The van der Waals surface area contributed by atoms with Crippen LogP contribution in [0.15, 0.2) is 0 Å². The molecule has 60 valence electrons. The van der Waals surface area contributed by atoms with Crippen molar-refractivity contribution in [3.63, 3.8) is 0 Å². The third-order valence-electron chi connectivity index (χ3n) is 1.30. The maximum absolute atomic E-state index is 10.7. The van der Waals surface area contributed by atoms with Crippen molar-refractivity contribution < 1.29 is 14.6 Å². The fourth-order valence-electron chi connectivity index (χ4n) is 0.809. The van der Waals surface area contributed by atoms with Crippen molar-refractivity contribution in [1.82, 2.24) is 0 Å². The third-order valence-corrected chi connectivity index (χ3v) is 1.30. The number of methoxy groups -OCH3 is 1. The molecule has 0 aromatic carbocycles. The molecular formula is C7H14O3. The second-order valence-corrected chi connectivity index (χ2v) is 2.51. The molecule has 0 saturated carbocycles. The van der Waals surface area contributed by atoms with Crippen molar-refractivity contribution in [1.29, 1.82) is 0 Å². The van der Waals surface area contributed by atoms with E-state index in [9.17, 15) is 4.79 Å². The molecule has 0 heterocycles. The Morgan fingerprint density at radius 2 is 2.10 bits per heavy atom. The zero-order valence-electron chi connectivity index (χ0n) is 6.63. The summed E-state index contributed by atoms with van der Waals surface area (Å²) in [6.07, 6.45) is 0.0289. The first-order valence-corrected chi connectivity index (χ1v) is 3.33. The summed E-state index contributed by atoms with van der Waals surface area (Å²) in [5.41, 5.74) is 0. The highest BCUT2D eigenvalue weighted by atomic mass is 16.5. The minimum absolute atomic E-state index is 0.204. The first-order chi connectivity index (χ1) is 4.57. The van der Waals surface area contributed by atoms with E-state index in [0.717, 1.165) is 0 Å². The van der Waals surface area contributed by atoms with Crippen LogP contribution in [0.2, 0.25) is 0 Å². The van der Waals surface area contributed by atoms with Crippen molar-refractivity contribution >= 4 is 5.97 Å². The number of hydrogen-bond donors (Lipinski definition) is 1. The molecule has 0 aliphatic heterocycles. The van der Waals surface area contributed by atoms with E-state index in [2.05, 4.69) is 4.74 Å². The lowest BCUT2D eigenvalue weighted by atomic mass is 10.1. The molecule has 0 radical (unpaired) electrons. The molecular weight excluding hydrogens is 132 g/mol. The number of ether oxygens (including phenoxy) is 1. The molecule has 0 amide bonds. The summed E-state index contributed by atoms with van der Waals surface area (Å²) in [5.74, 6) is -0.467. The van der Waals surface area contributed by atoms with Gasteiger partial charge in [-0.05, 0) is 13.3 Å². The fraction of sp³-hybridized carbons (Fsp3) is 0.857. The summed E-state index contributed by atoms with van der Waals surface area (Å²) < 4.78 is 4.46. The molecule has 0 spiro atoms. The van der Waals surface area contributed by atoms with Crippen molar-refractivity contribution in [2.75, 3.05) is 7.11 Å². The Morgan fingerprint density at radius 1 is 1.60 bits per heavy atom. The Kier molecular flexibility index (Phi) is 4.03. The summed E-state index contributed by atoms with van der Waals surface area (Å²) in [6.45, 7) is 3.39. The third kappa shape index (κ3) is 3.45. The maximum atomic E-state index is 10.7. The number of carbonyl (C=O) groups is 1. The van der Waals surface area contributed by atoms with Gasteiger partial charge in [0.15, 0.2) is 0 Å². The molecule has 0 fully saturated rings. The molecule has 10 heavy (non-hydrogen) atoms. The number of aliphatic hydroxyl groups excluding tert-OH is 1. The van der Waals surface area contributed by atoms with Gasteiger partial charge in [0.2, 0.25) is 0 Å². The predicted octanol–water partition coefficient (Wildman–Crippen LogP) is 0.566. The first kappa shape index (κ1) is 9.43. The van der Waals surface area contributed by atoms with Crippen LogP contribution in [0.3, 0.4) is 0 Å². The van der Waals surface area contributed by atoms with Gasteiger partial charge >= 0.3 is 5.97 Å². The van der Waals surface area contributed by atoms with Crippen molar-refractivity contribution in [2.45, 2.75) is 26.4 Å². The number of carbonyl (C=O) groups excluding carboxylic acids is 1. The van der Waals surface area contributed by atoms with Gasteiger partial charge in [0.05, 0.1) is 19.1 Å². The van der Waals surface area contributed by atoms with Crippen molar-refractivity contribution in [3.8, 4) is 0 Å². The van der Waals surface area contributed by atoms with Gasteiger partial charge < -0.3 is 9.84 Å². The molecule has 3 nitrogen and oxygen atoms in total. The SMILES string of the molecule is COC(=O)C(C)CC(C)O. The van der Waals surface area contributed by atoms with E-state index in [4.69, 9.17) is 5.11 Å². The predicted molar refractivity (Wildman–Crippen MR) is 37.5 cm³/mol. The second kappa shape index (κ2) is 4.28. The summed E-state index contributed by atoms with van der Waals surface area (Å²) in [4.78, 5) is 10.7. The van der Waals surface area contributed by atoms with Gasteiger partial charge in [-0.2, -0.15) is 0 Å². The van der Waals surface area contributed by atoms with Gasteiger partial charge in [0, 0.05) is 0 Å². The lowest BCUT2D eigenvalue weighted by Crippen LogP contribution is -2.17. The van der Waals surface area contributed by atoms with Crippen LogP contribution in [0.1, 0.15) is 20.3 Å². The standard InChI is InChI=1S/C7H14O3/c1-5(4-6(2)8)7(9)10-3/h5-6,8H,4H2,1-3H3. The summed E-state index contributed by atoms with van der Waals surface area (Å²) in [7, 11) is 1.35. The van der Waals surface area contributed by atoms with E-state index < -0.39 is 6.10 Å². The van der Waals surface area contributed by atoms with Crippen molar-refractivity contribution in [2.24, 2.45) is 5.92 Å². The van der Waals surface area contributed by atoms with Gasteiger partial charge in [0.1, 0.15) is 0 Å². The highest BCUT2D eigenvalue weighted by Crippen LogP contribution is 2.06. The lowest BCUT2D eigenvalue weighted by Gasteiger charge is -2.09. The van der Waals surface area contributed by atoms with Gasteiger partial charge in [0.25, 0.3) is 0 Å². The van der Waals surface area contributed by atoms with E-state index >= 15 is 0 Å². The van der Waals surface area contributed by atoms with Crippen LogP contribution in [0.25, 0.3) is 0 Å². The Bertz CT molecular complexity index is 109. The van der Waals surface area contributed by atoms with Gasteiger partial charge in [-0.15, -0.1) is 0 Å². The topological polar surface area (TPSA) is 46.5 Å². The molecule has 0 aromatic rings. The summed E-state index contributed by atoms with van der Waals surface area (Å²) in [5, 5.41) is 8.86. The quantitative estimate of drug-likeness (QED) is 0.592. The zero-order chi connectivity index (χ0) is 8.15. The van der Waals surface area contributed by atoms with Crippen LogP contribution in [-0.2, 0) is 9.53 Å². The number of esters is 1. The molecule has 2 atom stereocenters. The molecule has 0 aromatic heterocycles. The minimum Gasteiger partial charge on any atom is -0.469 e. The van der Waals surface area contributed by atoms with Crippen LogP contribution in [0.4, 0.5) is 0 Å². The smallest absolute Gasteiger partial charge is 0.308 e. The molecule has 0 aliphatic carbocycles. The number of rotatable bonds is 3. The first-order valence-electron chi connectivity index (χ1n) is 3.33. The summed E-state index contributed by atoms with van der Waals surface area (Å²) in [6, 6.07) is 0. The van der Waals surface area contributed by atoms with Gasteiger partial charge in [-0.25, -0.2) is 0 Å². The van der Waals surface area contributed by atoms with Crippen LogP contribution in [-0.4, -0.2) is 24.3 Å². The molecule has 1 N–H and O–H groups in total. The van der Waals surface area contributed by atoms with E-state index in [1.165, 1.54) is 7.11 Å². The van der Waals surface area contributed by atoms with E-state index in [1.807, 2.05) is 0 Å². The van der Waals surface area contributed by atoms with E-state index in [1.54, 1.807) is 13.8 Å². The largest absolute Gasteiger partial charge is 0.469 e. The van der Waals surface area contributed by atoms with Gasteiger partial charge in [-0.1, -0.05) is 6.92 Å². The van der Waals surface area contributed by atoms with E-state index in [0.29, 0.717) is 6.42 Å². The Labute approximate surface area is 61.0 Å². The van der Waals surface area contributed by atoms with Crippen LogP contribution in [0.5, 0.6) is 0 Å². The Hall–Kier alpha value is -0.570. The molecule has 0 rings (SSSR count). The molecule has 2 unspecified atom stereocenters. The average Bonchev–Trinajstić information content (AvgIpc) is 1.85. The monoisotopic (exact) mass is 146 g/mol. The van der Waals surface area contributed by atoms with Crippen molar-refractivity contribution in [3.05, 3.63) is 0 Å². The molecule has 3 heteroatoms. The summed E-state index contributed by atoms with van der Waals surface area (Å²) >= 11 is 0. The fourth-order valence-corrected chi connectivity index (χ4v) is 0.809. The number of hydrogen-bond acceptors (Lipinski definition) is 3.